The second-order valence-electron chi connectivity index (χ2n) is 3.43. The monoisotopic (exact) mass is 203 g/mol. The van der Waals surface area contributed by atoms with E-state index in [4.69, 9.17) is 5.26 Å². The average molecular weight is 203 g/mol. The molecule has 0 radical (unpaired) electrons. The first-order valence-electron chi connectivity index (χ1n) is 4.69. The van der Waals surface area contributed by atoms with Crippen molar-refractivity contribution in [2.45, 2.75) is 26.8 Å². The van der Waals surface area contributed by atoms with Gasteiger partial charge in [-0.3, -0.25) is 4.79 Å². The highest BCUT2D eigenvalue weighted by Crippen LogP contribution is 2.14. The van der Waals surface area contributed by atoms with Crippen LogP contribution in [-0.4, -0.2) is 10.9 Å². The SMILES string of the molecule is CC(=O)NC(C)c1nc(C#N)ccc1C. The lowest BCUT2D eigenvalue weighted by Gasteiger charge is -2.14. The number of rotatable bonds is 2. The minimum atomic E-state index is -0.171. The number of nitrogens with zero attached hydrogens (tertiary/aromatic N) is 2. The summed E-state index contributed by atoms with van der Waals surface area (Å²) in [7, 11) is 0. The fourth-order valence-corrected chi connectivity index (χ4v) is 1.42. The van der Waals surface area contributed by atoms with Crippen LogP contribution in [0.25, 0.3) is 0 Å². The molecule has 0 spiro atoms. The maximum Gasteiger partial charge on any atom is 0.217 e. The number of carbonyl (C=O) groups is 1. The Morgan fingerprint density at radius 1 is 1.60 bits per heavy atom. The second kappa shape index (κ2) is 4.56. The van der Waals surface area contributed by atoms with E-state index in [2.05, 4.69) is 10.3 Å². The Morgan fingerprint density at radius 3 is 2.80 bits per heavy atom. The minimum Gasteiger partial charge on any atom is -0.348 e. The van der Waals surface area contributed by atoms with Crippen molar-refractivity contribution < 1.29 is 4.79 Å². The molecule has 4 heteroatoms. The Morgan fingerprint density at radius 2 is 2.27 bits per heavy atom. The van der Waals surface area contributed by atoms with E-state index in [-0.39, 0.29) is 11.9 Å². The predicted molar refractivity (Wildman–Crippen MR) is 55.9 cm³/mol. The standard InChI is InChI=1S/C11H13N3O/c1-7-4-5-10(6-12)14-11(7)8(2)13-9(3)15/h4-5,8H,1-3H3,(H,13,15). The van der Waals surface area contributed by atoms with Gasteiger partial charge in [0.15, 0.2) is 0 Å². The largest absolute Gasteiger partial charge is 0.348 e. The van der Waals surface area contributed by atoms with Crippen LogP contribution in [0, 0.1) is 18.3 Å². The van der Waals surface area contributed by atoms with Crippen LogP contribution < -0.4 is 5.32 Å². The molecule has 1 N–H and O–H groups in total. The maximum absolute atomic E-state index is 10.9. The number of nitrogens with one attached hydrogen (secondary N) is 1. The molecule has 15 heavy (non-hydrogen) atoms. The molecule has 1 atom stereocenters. The molecule has 0 saturated carbocycles. The van der Waals surface area contributed by atoms with Gasteiger partial charge in [0.25, 0.3) is 0 Å². The quantitative estimate of drug-likeness (QED) is 0.791. The molecule has 1 unspecified atom stereocenters. The van der Waals surface area contributed by atoms with Gasteiger partial charge in [-0.1, -0.05) is 6.07 Å². The summed E-state index contributed by atoms with van der Waals surface area (Å²) in [6.07, 6.45) is 0. The van der Waals surface area contributed by atoms with E-state index in [0.29, 0.717) is 5.69 Å². The van der Waals surface area contributed by atoms with Crippen molar-refractivity contribution in [2.24, 2.45) is 0 Å². The Balaban J connectivity index is 3.02. The second-order valence-corrected chi connectivity index (χ2v) is 3.43. The number of hydrogen-bond acceptors (Lipinski definition) is 3. The normalized spacial score (nSPS) is 11.6. The molecule has 0 aliphatic rings. The molecule has 0 aliphatic carbocycles. The third-order valence-electron chi connectivity index (χ3n) is 2.08. The Kier molecular flexibility index (Phi) is 3.40. The molecule has 0 aliphatic heterocycles. The van der Waals surface area contributed by atoms with Gasteiger partial charge in [-0.05, 0) is 25.5 Å². The third-order valence-corrected chi connectivity index (χ3v) is 2.08. The lowest BCUT2D eigenvalue weighted by atomic mass is 10.1. The zero-order valence-corrected chi connectivity index (χ0v) is 9.03. The molecule has 78 valence electrons. The molecule has 1 heterocycles. The van der Waals surface area contributed by atoms with E-state index in [0.717, 1.165) is 11.3 Å². The van der Waals surface area contributed by atoms with Crippen LogP contribution in [-0.2, 0) is 4.79 Å². The maximum atomic E-state index is 10.9. The van der Waals surface area contributed by atoms with Crippen molar-refractivity contribution in [3.63, 3.8) is 0 Å². The van der Waals surface area contributed by atoms with Gasteiger partial charge in [0.2, 0.25) is 5.91 Å². The van der Waals surface area contributed by atoms with Crippen LogP contribution in [0.3, 0.4) is 0 Å². The number of aryl methyl sites for hydroxylation is 1. The predicted octanol–water partition coefficient (Wildman–Crippen LogP) is 1.46. The van der Waals surface area contributed by atoms with E-state index in [1.54, 1.807) is 6.07 Å². The Labute approximate surface area is 88.9 Å². The van der Waals surface area contributed by atoms with Crippen LogP contribution in [0.5, 0.6) is 0 Å². The van der Waals surface area contributed by atoms with E-state index in [1.165, 1.54) is 6.92 Å². The van der Waals surface area contributed by atoms with Crippen LogP contribution in [0.2, 0.25) is 0 Å². The van der Waals surface area contributed by atoms with Gasteiger partial charge >= 0.3 is 0 Å². The summed E-state index contributed by atoms with van der Waals surface area (Å²) >= 11 is 0. The first-order valence-corrected chi connectivity index (χ1v) is 4.69. The highest BCUT2D eigenvalue weighted by atomic mass is 16.1. The third kappa shape index (κ3) is 2.78. The van der Waals surface area contributed by atoms with Crippen molar-refractivity contribution in [1.82, 2.24) is 10.3 Å². The Hall–Kier alpha value is -1.89. The number of aromatic nitrogens is 1. The van der Waals surface area contributed by atoms with Gasteiger partial charge < -0.3 is 5.32 Å². The number of nitriles is 1. The van der Waals surface area contributed by atoms with Crippen LogP contribution in [0.15, 0.2) is 12.1 Å². The average Bonchev–Trinajstić information content (AvgIpc) is 2.17. The van der Waals surface area contributed by atoms with Crippen LogP contribution in [0.4, 0.5) is 0 Å². The zero-order valence-electron chi connectivity index (χ0n) is 9.03. The molecule has 1 aromatic rings. The summed E-state index contributed by atoms with van der Waals surface area (Å²) in [5, 5.41) is 11.5. The van der Waals surface area contributed by atoms with E-state index < -0.39 is 0 Å². The summed E-state index contributed by atoms with van der Waals surface area (Å²) in [5.74, 6) is -0.105. The fraction of sp³-hybridized carbons (Fsp3) is 0.364. The van der Waals surface area contributed by atoms with Crippen molar-refractivity contribution in [3.8, 4) is 6.07 Å². The Bertz CT molecular complexity index is 420. The van der Waals surface area contributed by atoms with Crippen molar-refractivity contribution in [2.75, 3.05) is 0 Å². The number of hydrogen-bond donors (Lipinski definition) is 1. The molecule has 1 amide bonds. The summed E-state index contributed by atoms with van der Waals surface area (Å²) in [6.45, 7) is 5.21. The van der Waals surface area contributed by atoms with Gasteiger partial charge in [0.05, 0.1) is 11.7 Å². The molecule has 1 rings (SSSR count). The van der Waals surface area contributed by atoms with Gasteiger partial charge in [0, 0.05) is 6.92 Å². The number of amides is 1. The highest BCUT2D eigenvalue weighted by molar-refractivity contribution is 5.73. The van der Waals surface area contributed by atoms with Gasteiger partial charge in [-0.2, -0.15) is 5.26 Å². The van der Waals surface area contributed by atoms with Crippen molar-refractivity contribution >= 4 is 5.91 Å². The first-order chi connectivity index (χ1) is 7.04. The van der Waals surface area contributed by atoms with E-state index in [9.17, 15) is 4.79 Å². The van der Waals surface area contributed by atoms with Gasteiger partial charge in [-0.25, -0.2) is 4.98 Å². The number of pyridine rings is 1. The van der Waals surface area contributed by atoms with Crippen LogP contribution in [0.1, 0.15) is 36.8 Å². The molecule has 0 fully saturated rings. The number of carbonyl (C=O) groups excluding carboxylic acids is 1. The molecule has 4 nitrogen and oxygen atoms in total. The lowest BCUT2D eigenvalue weighted by Crippen LogP contribution is -2.25. The van der Waals surface area contributed by atoms with Gasteiger partial charge in [0.1, 0.15) is 11.8 Å². The summed E-state index contributed by atoms with van der Waals surface area (Å²) in [4.78, 5) is 15.1. The minimum absolute atomic E-state index is 0.105. The fourth-order valence-electron chi connectivity index (χ4n) is 1.42. The molecule has 1 aromatic heterocycles. The zero-order chi connectivity index (χ0) is 11.4. The van der Waals surface area contributed by atoms with E-state index in [1.807, 2.05) is 26.0 Å². The summed E-state index contributed by atoms with van der Waals surface area (Å²) < 4.78 is 0. The molecule has 0 aromatic carbocycles. The van der Waals surface area contributed by atoms with Crippen LogP contribution >= 0.6 is 0 Å². The van der Waals surface area contributed by atoms with Gasteiger partial charge in [-0.15, -0.1) is 0 Å². The lowest BCUT2D eigenvalue weighted by molar-refractivity contribution is -0.119. The molecular weight excluding hydrogens is 190 g/mol. The van der Waals surface area contributed by atoms with Crippen molar-refractivity contribution in [3.05, 3.63) is 29.1 Å². The highest BCUT2D eigenvalue weighted by Gasteiger charge is 2.11. The molecule has 0 saturated heterocycles. The molecule has 0 bridgehead atoms. The van der Waals surface area contributed by atoms with Crippen molar-refractivity contribution in [1.29, 1.82) is 5.26 Å². The summed E-state index contributed by atoms with van der Waals surface area (Å²) in [6, 6.07) is 5.31. The summed E-state index contributed by atoms with van der Waals surface area (Å²) in [5.41, 5.74) is 2.08. The molecular formula is C11H13N3O. The smallest absolute Gasteiger partial charge is 0.217 e. The topological polar surface area (TPSA) is 65.8 Å². The first kappa shape index (κ1) is 11.2. The van der Waals surface area contributed by atoms with E-state index >= 15 is 0 Å².